The highest BCUT2D eigenvalue weighted by atomic mass is 32.1. The van der Waals surface area contributed by atoms with E-state index in [2.05, 4.69) is 35.8 Å². The van der Waals surface area contributed by atoms with Crippen molar-refractivity contribution in [2.24, 2.45) is 4.36 Å². The lowest BCUT2D eigenvalue weighted by atomic mass is 10.2. The van der Waals surface area contributed by atoms with E-state index in [4.69, 9.17) is 0 Å². The molecule has 10 heavy (non-hydrogen) atoms. The molecule has 3 heteroatoms. The Morgan fingerprint density at radius 1 is 1.20 bits per heavy atom. The van der Waals surface area contributed by atoms with E-state index in [0.717, 1.165) is 13.0 Å². The van der Waals surface area contributed by atoms with E-state index in [1.807, 2.05) is 0 Å². The molecule has 0 unspecified atom stereocenters. The second kappa shape index (κ2) is 7.09. The van der Waals surface area contributed by atoms with Gasteiger partial charge in [-0.25, -0.2) is 4.36 Å². The number of hydrogen-bond acceptors (Lipinski definition) is 3. The second-order valence-corrected chi connectivity index (χ2v) is 2.97. The monoisotopic (exact) mass is 160 g/mol. The van der Waals surface area contributed by atoms with E-state index in [1.165, 1.54) is 19.4 Å². The highest BCUT2D eigenvalue weighted by Crippen LogP contribution is 1.95. The summed E-state index contributed by atoms with van der Waals surface area (Å²) in [5, 5.41) is 0. The molecule has 60 valence electrons. The van der Waals surface area contributed by atoms with E-state index in [9.17, 15) is 0 Å². The first-order chi connectivity index (χ1) is 4.77. The summed E-state index contributed by atoms with van der Waals surface area (Å²) < 4.78 is 3.62. The molecule has 0 radical (unpaired) electrons. The third-order valence-electron chi connectivity index (χ3n) is 1.35. The third kappa shape index (κ3) is 7.98. The normalized spacial score (nSPS) is 10.3. The number of nitrogens with zero attached hydrogens (tertiary/aromatic N) is 2. The van der Waals surface area contributed by atoms with Crippen LogP contribution in [0.5, 0.6) is 0 Å². The molecule has 2 nitrogen and oxygen atoms in total. The van der Waals surface area contributed by atoms with Crippen molar-refractivity contribution in [3.8, 4) is 0 Å². The van der Waals surface area contributed by atoms with Gasteiger partial charge in [0.05, 0.1) is 6.54 Å². The van der Waals surface area contributed by atoms with Crippen LogP contribution in [0.4, 0.5) is 0 Å². The molecule has 0 bridgehead atoms. The van der Waals surface area contributed by atoms with Gasteiger partial charge >= 0.3 is 0 Å². The van der Waals surface area contributed by atoms with E-state index >= 15 is 0 Å². The van der Waals surface area contributed by atoms with E-state index in [0.29, 0.717) is 0 Å². The predicted molar refractivity (Wildman–Crippen MR) is 47.1 cm³/mol. The Morgan fingerprint density at radius 3 is 2.40 bits per heavy atom. The molecule has 0 N–H and O–H groups in total. The van der Waals surface area contributed by atoms with Crippen LogP contribution >= 0.6 is 0 Å². The van der Waals surface area contributed by atoms with Crippen LogP contribution in [0.2, 0.25) is 0 Å². The van der Waals surface area contributed by atoms with E-state index in [-0.39, 0.29) is 0 Å². The average Bonchev–Trinajstić information content (AvgIpc) is 1.87. The second-order valence-electron chi connectivity index (χ2n) is 2.72. The Hall–Kier alpha value is -0.0200. The molecule has 0 rings (SSSR count). The lowest BCUT2D eigenvalue weighted by Gasteiger charge is -2.07. The van der Waals surface area contributed by atoms with Crippen LogP contribution in [-0.4, -0.2) is 32.1 Å². The molecule has 0 saturated heterocycles. The van der Waals surface area contributed by atoms with Crippen LogP contribution in [0, 0.1) is 0 Å². The van der Waals surface area contributed by atoms with Crippen LogP contribution < -0.4 is 0 Å². The number of hydrogen-bond donors (Lipinski definition) is 0. The minimum absolute atomic E-state index is 0.850. The molecule has 0 aliphatic rings. The predicted octanol–water partition coefficient (Wildman–Crippen LogP) is 1.45. The highest BCUT2D eigenvalue weighted by Gasteiger charge is 1.89. The van der Waals surface area contributed by atoms with Gasteiger partial charge in [-0.1, -0.05) is 6.42 Å². The number of rotatable bonds is 6. The van der Waals surface area contributed by atoms with Crippen LogP contribution in [0.25, 0.3) is 0 Å². The van der Waals surface area contributed by atoms with Gasteiger partial charge in [-0.05, 0) is 33.5 Å². The Kier molecular flexibility index (Phi) is 7.08. The zero-order valence-electron chi connectivity index (χ0n) is 6.84. The van der Waals surface area contributed by atoms with Crippen molar-refractivity contribution in [1.82, 2.24) is 4.90 Å². The summed E-state index contributed by atoms with van der Waals surface area (Å²) in [6.45, 7) is 2.03. The summed E-state index contributed by atoms with van der Waals surface area (Å²) in [7, 11) is 4.19. The molecule has 0 aromatic rings. The SMILES string of the molecule is CN(C)CCCCCN=S. The molecule has 0 atom stereocenters. The maximum absolute atomic E-state index is 4.47. The van der Waals surface area contributed by atoms with Gasteiger partial charge < -0.3 is 4.90 Å². The van der Waals surface area contributed by atoms with Crippen molar-refractivity contribution >= 4 is 12.4 Å². The van der Waals surface area contributed by atoms with Gasteiger partial charge in [0.2, 0.25) is 0 Å². The van der Waals surface area contributed by atoms with Crippen LogP contribution in [0.1, 0.15) is 19.3 Å². The van der Waals surface area contributed by atoms with Crippen LogP contribution in [-0.2, 0) is 12.4 Å². The van der Waals surface area contributed by atoms with Gasteiger partial charge in [0.25, 0.3) is 0 Å². The van der Waals surface area contributed by atoms with Crippen molar-refractivity contribution < 1.29 is 0 Å². The molecule has 0 aliphatic heterocycles. The van der Waals surface area contributed by atoms with Crippen molar-refractivity contribution in [2.75, 3.05) is 27.2 Å². The fourth-order valence-corrected chi connectivity index (χ4v) is 0.910. The summed E-state index contributed by atoms with van der Waals surface area (Å²) in [5.74, 6) is 0. The molecule has 0 spiro atoms. The smallest absolute Gasteiger partial charge is 0.0521 e. The van der Waals surface area contributed by atoms with Gasteiger partial charge in [0, 0.05) is 12.4 Å². The summed E-state index contributed by atoms with van der Waals surface area (Å²) in [6, 6.07) is 0. The van der Waals surface area contributed by atoms with Crippen LogP contribution in [0.15, 0.2) is 4.36 Å². The molecule has 0 saturated carbocycles. The lowest BCUT2D eigenvalue weighted by molar-refractivity contribution is 0.392. The third-order valence-corrected chi connectivity index (χ3v) is 1.54. The topological polar surface area (TPSA) is 15.6 Å². The van der Waals surface area contributed by atoms with Crippen molar-refractivity contribution in [3.05, 3.63) is 0 Å². The minimum Gasteiger partial charge on any atom is -0.309 e. The standard InChI is InChI=1S/C7H16N2S/c1-9(2)7-5-3-4-6-8-10/h3-7H2,1-2H3. The Morgan fingerprint density at radius 2 is 1.90 bits per heavy atom. The average molecular weight is 160 g/mol. The maximum atomic E-state index is 4.47. The summed E-state index contributed by atoms with van der Waals surface area (Å²) in [6.07, 6.45) is 3.66. The maximum Gasteiger partial charge on any atom is 0.0521 e. The summed E-state index contributed by atoms with van der Waals surface area (Å²) >= 11 is 4.47. The van der Waals surface area contributed by atoms with Crippen molar-refractivity contribution in [3.63, 3.8) is 0 Å². The zero-order chi connectivity index (χ0) is 7.82. The molecule has 0 fully saturated rings. The van der Waals surface area contributed by atoms with E-state index < -0.39 is 0 Å². The van der Waals surface area contributed by atoms with Crippen molar-refractivity contribution in [2.45, 2.75) is 19.3 Å². The summed E-state index contributed by atoms with van der Waals surface area (Å²) in [4.78, 5) is 2.20. The van der Waals surface area contributed by atoms with E-state index in [1.54, 1.807) is 0 Å². The van der Waals surface area contributed by atoms with Crippen molar-refractivity contribution in [1.29, 1.82) is 0 Å². The largest absolute Gasteiger partial charge is 0.309 e. The minimum atomic E-state index is 0.850. The van der Waals surface area contributed by atoms with Gasteiger partial charge in [-0.2, -0.15) is 0 Å². The molecule has 0 amide bonds. The molecular weight excluding hydrogens is 144 g/mol. The first-order valence-electron chi connectivity index (χ1n) is 3.71. The molecule has 0 aromatic carbocycles. The molecule has 0 aliphatic carbocycles. The first-order valence-corrected chi connectivity index (χ1v) is 4.07. The van der Waals surface area contributed by atoms with Crippen LogP contribution in [0.3, 0.4) is 0 Å². The molecule has 0 heterocycles. The van der Waals surface area contributed by atoms with Gasteiger partial charge in [-0.3, -0.25) is 0 Å². The van der Waals surface area contributed by atoms with Gasteiger partial charge in [0.15, 0.2) is 0 Å². The molecular formula is C7H16N2S. The quantitative estimate of drug-likeness (QED) is 0.546. The lowest BCUT2D eigenvalue weighted by Crippen LogP contribution is -2.12. The highest BCUT2D eigenvalue weighted by molar-refractivity contribution is 7.47. The fraction of sp³-hybridized carbons (Fsp3) is 1.00. The first kappa shape index (κ1) is 9.98. The zero-order valence-corrected chi connectivity index (χ0v) is 7.65. The summed E-state index contributed by atoms with van der Waals surface area (Å²) in [5.41, 5.74) is 0. The molecule has 0 aromatic heterocycles. The fourth-order valence-electron chi connectivity index (χ4n) is 0.781. The Bertz CT molecular complexity index is 83.7. The number of unbranched alkanes of at least 4 members (excludes halogenated alkanes) is 2. The van der Waals surface area contributed by atoms with Gasteiger partial charge in [-0.15, -0.1) is 0 Å². The Balaban J connectivity index is 2.83. The van der Waals surface area contributed by atoms with Gasteiger partial charge in [0.1, 0.15) is 0 Å². The Labute approximate surface area is 68.8 Å².